The molecule has 1 amide bonds. The quantitative estimate of drug-likeness (QED) is 0.692. The highest BCUT2D eigenvalue weighted by molar-refractivity contribution is 6.06. The van der Waals surface area contributed by atoms with Crippen molar-refractivity contribution in [2.45, 2.75) is 18.8 Å². The van der Waals surface area contributed by atoms with Crippen molar-refractivity contribution in [1.82, 2.24) is 4.98 Å². The van der Waals surface area contributed by atoms with E-state index in [0.717, 1.165) is 11.3 Å². The predicted octanol–water partition coefficient (Wildman–Crippen LogP) is 3.69. The molecule has 1 aliphatic carbocycles. The van der Waals surface area contributed by atoms with Gasteiger partial charge in [-0.3, -0.25) is 14.4 Å². The third kappa shape index (κ3) is 3.74. The summed E-state index contributed by atoms with van der Waals surface area (Å²) in [6, 6.07) is 14.4. The summed E-state index contributed by atoms with van der Waals surface area (Å²) in [5.41, 5.74) is 0.902. The average Bonchev–Trinajstić information content (AvgIpc) is 2.74. The van der Waals surface area contributed by atoms with E-state index in [1.165, 1.54) is 24.3 Å². The number of benzene rings is 2. The number of carbonyl (C=O) groups is 2. The van der Waals surface area contributed by atoms with Gasteiger partial charge in [0.1, 0.15) is 17.1 Å². The van der Waals surface area contributed by atoms with Gasteiger partial charge < -0.3 is 15.0 Å². The number of carbonyl (C=O) groups excluding carboxylic acids is 2. The molecule has 1 aliphatic rings. The van der Waals surface area contributed by atoms with Crippen LogP contribution < -0.4 is 15.6 Å². The van der Waals surface area contributed by atoms with E-state index in [0.29, 0.717) is 17.7 Å². The fourth-order valence-electron chi connectivity index (χ4n) is 3.66. The Balaban J connectivity index is 1.61. The lowest BCUT2D eigenvalue weighted by Crippen LogP contribution is -2.29. The van der Waals surface area contributed by atoms with Gasteiger partial charge in [-0.1, -0.05) is 24.3 Å². The second kappa shape index (κ2) is 7.94. The molecule has 0 unspecified atom stereocenters. The molecule has 0 radical (unpaired) electrons. The van der Waals surface area contributed by atoms with Gasteiger partial charge in [-0.25, -0.2) is 4.39 Å². The number of amides is 1. The van der Waals surface area contributed by atoms with Crippen molar-refractivity contribution >= 4 is 17.4 Å². The molecule has 30 heavy (non-hydrogen) atoms. The minimum absolute atomic E-state index is 0.0366. The second-order valence-corrected chi connectivity index (χ2v) is 7.14. The number of fused-ring (bicyclic) bond motifs is 1. The number of rotatable bonds is 4. The smallest absolute Gasteiger partial charge is 0.261 e. The summed E-state index contributed by atoms with van der Waals surface area (Å²) in [4.78, 5) is 40.4. The van der Waals surface area contributed by atoms with Crippen LogP contribution in [0.25, 0.3) is 0 Å². The van der Waals surface area contributed by atoms with Gasteiger partial charge in [0.15, 0.2) is 5.78 Å². The van der Waals surface area contributed by atoms with Crippen LogP contribution >= 0.6 is 0 Å². The van der Waals surface area contributed by atoms with Gasteiger partial charge in [0, 0.05) is 17.7 Å². The van der Waals surface area contributed by atoms with Crippen LogP contribution in [0.5, 0.6) is 5.75 Å². The third-order valence-electron chi connectivity index (χ3n) is 5.26. The molecule has 2 N–H and O–H groups in total. The van der Waals surface area contributed by atoms with E-state index in [1.807, 2.05) is 24.3 Å². The lowest BCUT2D eigenvalue weighted by Gasteiger charge is -2.24. The highest BCUT2D eigenvalue weighted by atomic mass is 19.1. The molecule has 152 valence electrons. The van der Waals surface area contributed by atoms with Crippen molar-refractivity contribution in [3.05, 3.63) is 93.2 Å². The maximum atomic E-state index is 13.8. The molecule has 2 aromatic carbocycles. The second-order valence-electron chi connectivity index (χ2n) is 7.14. The molecular weight excluding hydrogens is 387 g/mol. The van der Waals surface area contributed by atoms with Gasteiger partial charge in [-0.15, -0.1) is 0 Å². The van der Waals surface area contributed by atoms with Crippen molar-refractivity contribution in [3.63, 3.8) is 0 Å². The summed E-state index contributed by atoms with van der Waals surface area (Å²) in [7, 11) is 1.58. The average molecular weight is 406 g/mol. The number of aromatic nitrogens is 1. The Morgan fingerprint density at radius 3 is 2.53 bits per heavy atom. The molecule has 4 rings (SSSR count). The first-order chi connectivity index (χ1) is 14.5. The van der Waals surface area contributed by atoms with Crippen LogP contribution in [0.3, 0.4) is 0 Å². The number of pyridine rings is 1. The SMILES string of the molecule is COc1ccc([C@@H]2CC(=O)c3cc(C(=O)Nc4ccccc4F)c(=O)[nH]c3C2)cc1. The van der Waals surface area contributed by atoms with Crippen LogP contribution in [0.2, 0.25) is 0 Å². The number of Topliss-reactive ketones (excluding diaryl/α,β-unsaturated/α-hetero) is 1. The zero-order valence-corrected chi connectivity index (χ0v) is 16.2. The molecule has 0 aliphatic heterocycles. The van der Waals surface area contributed by atoms with Crippen molar-refractivity contribution < 1.29 is 18.7 Å². The first-order valence-corrected chi connectivity index (χ1v) is 9.45. The van der Waals surface area contributed by atoms with Gasteiger partial charge >= 0.3 is 0 Å². The molecule has 3 aromatic rings. The zero-order chi connectivity index (χ0) is 21.3. The minimum atomic E-state index is -0.769. The van der Waals surface area contributed by atoms with Crippen LogP contribution in [0.15, 0.2) is 59.4 Å². The Morgan fingerprint density at radius 1 is 1.10 bits per heavy atom. The van der Waals surface area contributed by atoms with Gasteiger partial charge in [0.25, 0.3) is 11.5 Å². The molecule has 1 aromatic heterocycles. The number of aromatic amines is 1. The molecular formula is C23H19FN2O4. The maximum absolute atomic E-state index is 13.8. The Labute approximate surface area is 171 Å². The van der Waals surface area contributed by atoms with E-state index in [9.17, 15) is 18.8 Å². The van der Waals surface area contributed by atoms with E-state index in [1.54, 1.807) is 13.2 Å². The van der Waals surface area contributed by atoms with Gasteiger partial charge in [-0.2, -0.15) is 0 Å². The summed E-state index contributed by atoms with van der Waals surface area (Å²) >= 11 is 0. The number of methoxy groups -OCH3 is 1. The summed E-state index contributed by atoms with van der Waals surface area (Å²) in [6.45, 7) is 0. The standard InChI is InChI=1S/C23H19FN2O4/c1-30-15-8-6-13(7-9-15)14-10-20-16(21(27)11-14)12-17(23(29)26-20)22(28)25-19-5-3-2-4-18(19)24/h2-9,12,14H,10-11H2,1H3,(H,25,28)(H,26,29)/t14-/m0/s1. The number of H-pyrrole nitrogens is 1. The fraction of sp³-hybridized carbons (Fsp3) is 0.174. The number of hydrogen-bond donors (Lipinski definition) is 2. The normalized spacial score (nSPS) is 15.4. The van der Waals surface area contributed by atoms with Crippen LogP contribution in [-0.2, 0) is 6.42 Å². The van der Waals surface area contributed by atoms with Crippen molar-refractivity contribution in [2.24, 2.45) is 0 Å². The number of halogens is 1. The van der Waals surface area contributed by atoms with Gasteiger partial charge in [-0.05, 0) is 48.2 Å². The number of hydrogen-bond acceptors (Lipinski definition) is 4. The topological polar surface area (TPSA) is 88.3 Å². The molecule has 0 saturated heterocycles. The van der Waals surface area contributed by atoms with E-state index in [2.05, 4.69) is 10.3 Å². The Hall–Kier alpha value is -3.74. The van der Waals surface area contributed by atoms with Crippen LogP contribution in [0.4, 0.5) is 10.1 Å². The largest absolute Gasteiger partial charge is 0.497 e. The predicted molar refractivity (Wildman–Crippen MR) is 110 cm³/mol. The first-order valence-electron chi connectivity index (χ1n) is 9.45. The number of ketones is 1. The lowest BCUT2D eigenvalue weighted by molar-refractivity contribution is 0.0963. The summed E-state index contributed by atoms with van der Waals surface area (Å²) < 4.78 is 19.0. The Bertz CT molecular complexity index is 1180. The number of anilines is 1. The van der Waals surface area contributed by atoms with E-state index in [-0.39, 0.29) is 29.4 Å². The van der Waals surface area contributed by atoms with Crippen LogP contribution in [0, 0.1) is 5.82 Å². The van der Waals surface area contributed by atoms with E-state index < -0.39 is 17.3 Å². The lowest BCUT2D eigenvalue weighted by atomic mass is 9.81. The summed E-state index contributed by atoms with van der Waals surface area (Å²) in [6.07, 6.45) is 0.734. The summed E-state index contributed by atoms with van der Waals surface area (Å²) in [5, 5.41) is 2.38. The first kappa shape index (κ1) is 19.6. The number of nitrogens with one attached hydrogen (secondary N) is 2. The van der Waals surface area contributed by atoms with Crippen molar-refractivity contribution in [2.75, 3.05) is 12.4 Å². The highest BCUT2D eigenvalue weighted by Gasteiger charge is 2.29. The number of ether oxygens (including phenoxy) is 1. The van der Waals surface area contributed by atoms with Crippen LogP contribution in [0.1, 0.15) is 44.3 Å². The summed E-state index contributed by atoms with van der Waals surface area (Å²) in [5.74, 6) is -0.897. The molecule has 0 saturated carbocycles. The third-order valence-corrected chi connectivity index (χ3v) is 5.26. The zero-order valence-electron chi connectivity index (χ0n) is 16.2. The Kier molecular flexibility index (Phi) is 5.18. The highest BCUT2D eigenvalue weighted by Crippen LogP contribution is 2.32. The molecule has 1 atom stereocenters. The molecule has 6 nitrogen and oxygen atoms in total. The molecule has 0 bridgehead atoms. The fourth-order valence-corrected chi connectivity index (χ4v) is 3.66. The van der Waals surface area contributed by atoms with Gasteiger partial charge in [0.05, 0.1) is 12.8 Å². The maximum Gasteiger partial charge on any atom is 0.261 e. The van der Waals surface area contributed by atoms with Gasteiger partial charge in [0.2, 0.25) is 0 Å². The van der Waals surface area contributed by atoms with Crippen molar-refractivity contribution in [1.29, 1.82) is 0 Å². The van der Waals surface area contributed by atoms with E-state index in [4.69, 9.17) is 4.74 Å². The molecule has 7 heteroatoms. The Morgan fingerprint density at radius 2 is 1.83 bits per heavy atom. The molecule has 0 spiro atoms. The number of para-hydroxylation sites is 1. The van der Waals surface area contributed by atoms with Crippen molar-refractivity contribution in [3.8, 4) is 5.75 Å². The monoisotopic (exact) mass is 406 g/mol. The minimum Gasteiger partial charge on any atom is -0.497 e. The van der Waals surface area contributed by atoms with E-state index >= 15 is 0 Å². The molecule has 1 heterocycles. The molecule has 0 fully saturated rings. The van der Waals surface area contributed by atoms with Crippen LogP contribution in [-0.4, -0.2) is 23.8 Å².